The molecular weight excluding hydrogens is 425 g/mol. The highest BCUT2D eigenvalue weighted by atomic mass is 19.1. The number of rotatable bonds is 7. The first-order valence-electron chi connectivity index (χ1n) is 10.6. The molecule has 5 rings (SSSR count). The van der Waals surface area contributed by atoms with E-state index in [1.54, 1.807) is 37.5 Å². The van der Waals surface area contributed by atoms with Crippen LogP contribution in [0.25, 0.3) is 5.65 Å². The predicted octanol–water partition coefficient (Wildman–Crippen LogP) is 4.60. The lowest BCUT2D eigenvalue weighted by Gasteiger charge is -2.12. The van der Waals surface area contributed by atoms with Crippen molar-refractivity contribution in [3.8, 4) is 23.1 Å². The standard InChI is InChI=1S/C25H22FN3O4/c1-15-11-27-23-8-7-18(13-29(23)25(15)30)33-19-9-22(31-2)24(28-12-19)32-14-16-3-5-17(6-4-16)20-10-21(20)26/h3-9,11-13,20-21H,10,14H2,1-2H3. The van der Waals surface area contributed by atoms with Crippen molar-refractivity contribution >= 4 is 5.65 Å². The van der Waals surface area contributed by atoms with Gasteiger partial charge in [-0.25, -0.2) is 14.4 Å². The predicted molar refractivity (Wildman–Crippen MR) is 120 cm³/mol. The number of benzene rings is 1. The van der Waals surface area contributed by atoms with Crippen LogP contribution in [0.3, 0.4) is 0 Å². The van der Waals surface area contributed by atoms with Crippen LogP contribution in [0.5, 0.6) is 23.1 Å². The van der Waals surface area contributed by atoms with Gasteiger partial charge < -0.3 is 14.2 Å². The van der Waals surface area contributed by atoms with Gasteiger partial charge in [-0.05, 0) is 36.6 Å². The van der Waals surface area contributed by atoms with E-state index in [0.717, 1.165) is 11.1 Å². The second-order valence-electron chi connectivity index (χ2n) is 8.01. The van der Waals surface area contributed by atoms with Crippen LogP contribution in [0.15, 0.2) is 65.8 Å². The molecule has 1 fully saturated rings. The summed E-state index contributed by atoms with van der Waals surface area (Å²) in [6.07, 6.45) is 4.56. The molecule has 0 aliphatic heterocycles. The molecule has 0 spiro atoms. The van der Waals surface area contributed by atoms with Crippen molar-refractivity contribution in [2.24, 2.45) is 0 Å². The first kappa shape index (κ1) is 20.9. The lowest BCUT2D eigenvalue weighted by Crippen LogP contribution is -2.16. The summed E-state index contributed by atoms with van der Waals surface area (Å²) in [4.78, 5) is 20.9. The van der Waals surface area contributed by atoms with Gasteiger partial charge in [-0.2, -0.15) is 0 Å². The lowest BCUT2D eigenvalue weighted by atomic mass is 10.1. The molecule has 1 saturated carbocycles. The Balaban J connectivity index is 1.29. The fourth-order valence-electron chi connectivity index (χ4n) is 3.59. The maximum atomic E-state index is 13.2. The highest BCUT2D eigenvalue weighted by molar-refractivity contribution is 5.44. The summed E-state index contributed by atoms with van der Waals surface area (Å²) in [6, 6.07) is 12.9. The second-order valence-corrected chi connectivity index (χ2v) is 8.01. The van der Waals surface area contributed by atoms with Crippen molar-refractivity contribution in [3.63, 3.8) is 0 Å². The smallest absolute Gasteiger partial charge is 0.260 e. The topological polar surface area (TPSA) is 75.0 Å². The molecule has 1 aliphatic rings. The molecule has 168 valence electrons. The Morgan fingerprint density at radius 1 is 1.09 bits per heavy atom. The normalized spacial score (nSPS) is 17.1. The summed E-state index contributed by atoms with van der Waals surface area (Å²) in [5, 5.41) is 0. The molecule has 1 aliphatic carbocycles. The zero-order valence-corrected chi connectivity index (χ0v) is 18.2. The van der Waals surface area contributed by atoms with E-state index in [1.165, 1.54) is 17.7 Å². The van der Waals surface area contributed by atoms with Crippen molar-refractivity contribution < 1.29 is 18.6 Å². The summed E-state index contributed by atoms with van der Waals surface area (Å²) in [5.41, 5.74) is 2.89. The van der Waals surface area contributed by atoms with Crippen molar-refractivity contribution in [2.45, 2.75) is 32.0 Å². The number of methoxy groups -OCH3 is 1. The second kappa shape index (κ2) is 8.54. The molecule has 8 heteroatoms. The average Bonchev–Trinajstić information content (AvgIpc) is 3.57. The van der Waals surface area contributed by atoms with E-state index in [2.05, 4.69) is 9.97 Å². The van der Waals surface area contributed by atoms with Crippen LogP contribution in [0.4, 0.5) is 4.39 Å². The van der Waals surface area contributed by atoms with Crippen LogP contribution in [0.1, 0.15) is 29.0 Å². The number of fused-ring (bicyclic) bond motifs is 1. The molecule has 0 N–H and O–H groups in total. The number of nitrogens with zero attached hydrogens (tertiary/aromatic N) is 3. The van der Waals surface area contributed by atoms with Gasteiger partial charge in [-0.1, -0.05) is 24.3 Å². The maximum absolute atomic E-state index is 13.2. The molecule has 0 bridgehead atoms. The van der Waals surface area contributed by atoms with E-state index in [9.17, 15) is 9.18 Å². The van der Waals surface area contributed by atoms with Gasteiger partial charge in [0.05, 0.1) is 19.5 Å². The van der Waals surface area contributed by atoms with Crippen molar-refractivity contribution in [3.05, 3.63) is 88.1 Å². The first-order chi connectivity index (χ1) is 16.0. The number of hydrogen-bond acceptors (Lipinski definition) is 6. The summed E-state index contributed by atoms with van der Waals surface area (Å²) >= 11 is 0. The third-order valence-electron chi connectivity index (χ3n) is 5.59. The van der Waals surface area contributed by atoms with Gasteiger partial charge in [0, 0.05) is 23.7 Å². The average molecular weight is 447 g/mol. The number of ether oxygens (including phenoxy) is 3. The molecule has 2 unspecified atom stereocenters. The Morgan fingerprint density at radius 2 is 1.88 bits per heavy atom. The number of hydrogen-bond donors (Lipinski definition) is 0. The van der Waals surface area contributed by atoms with Crippen LogP contribution in [0.2, 0.25) is 0 Å². The fourth-order valence-corrected chi connectivity index (χ4v) is 3.59. The Hall–Kier alpha value is -3.94. The number of aryl methyl sites for hydroxylation is 1. The fraction of sp³-hybridized carbons (Fsp3) is 0.240. The third-order valence-corrected chi connectivity index (χ3v) is 5.59. The van der Waals surface area contributed by atoms with Gasteiger partial charge in [0.25, 0.3) is 11.4 Å². The van der Waals surface area contributed by atoms with Gasteiger partial charge >= 0.3 is 0 Å². The van der Waals surface area contributed by atoms with E-state index in [4.69, 9.17) is 14.2 Å². The van der Waals surface area contributed by atoms with Crippen LogP contribution in [-0.2, 0) is 6.61 Å². The third kappa shape index (κ3) is 4.37. The van der Waals surface area contributed by atoms with Crippen molar-refractivity contribution in [1.82, 2.24) is 14.4 Å². The van der Waals surface area contributed by atoms with E-state index in [1.807, 2.05) is 24.3 Å². The van der Waals surface area contributed by atoms with Crippen LogP contribution < -0.4 is 19.8 Å². The Kier molecular flexibility index (Phi) is 5.42. The molecule has 33 heavy (non-hydrogen) atoms. The minimum Gasteiger partial charge on any atom is -0.491 e. The monoisotopic (exact) mass is 447 g/mol. The Bertz CT molecular complexity index is 1370. The van der Waals surface area contributed by atoms with Crippen molar-refractivity contribution in [2.75, 3.05) is 7.11 Å². The summed E-state index contributed by atoms with van der Waals surface area (Å²) in [7, 11) is 1.52. The zero-order chi connectivity index (χ0) is 22.9. The summed E-state index contributed by atoms with van der Waals surface area (Å²) in [6.45, 7) is 2.01. The van der Waals surface area contributed by atoms with E-state index >= 15 is 0 Å². The number of halogens is 1. The Labute approximate surface area is 189 Å². The molecule has 4 aromatic rings. The van der Waals surface area contributed by atoms with Crippen LogP contribution >= 0.6 is 0 Å². The molecule has 0 amide bonds. The number of pyridine rings is 2. The van der Waals surface area contributed by atoms with E-state index in [-0.39, 0.29) is 11.5 Å². The molecule has 0 saturated heterocycles. The van der Waals surface area contributed by atoms with Gasteiger partial charge in [0.15, 0.2) is 5.75 Å². The van der Waals surface area contributed by atoms with Gasteiger partial charge in [0.1, 0.15) is 29.9 Å². The SMILES string of the molecule is COc1cc(Oc2ccc3ncc(C)c(=O)n3c2)cnc1OCc1ccc(C2CC2F)cc1. The molecule has 3 aromatic heterocycles. The quantitative estimate of drug-likeness (QED) is 0.412. The van der Waals surface area contributed by atoms with Crippen molar-refractivity contribution in [1.29, 1.82) is 0 Å². The van der Waals surface area contributed by atoms with Crippen LogP contribution in [0, 0.1) is 6.92 Å². The lowest BCUT2D eigenvalue weighted by molar-refractivity contribution is 0.271. The summed E-state index contributed by atoms with van der Waals surface area (Å²) in [5.74, 6) is 1.67. The van der Waals surface area contributed by atoms with Gasteiger partial charge in [-0.15, -0.1) is 0 Å². The minimum absolute atomic E-state index is 0.0378. The summed E-state index contributed by atoms with van der Waals surface area (Å²) < 4.78 is 31.8. The number of aromatic nitrogens is 3. The zero-order valence-electron chi connectivity index (χ0n) is 18.2. The number of alkyl halides is 1. The molecule has 3 heterocycles. The minimum atomic E-state index is -0.711. The molecule has 7 nitrogen and oxygen atoms in total. The first-order valence-corrected chi connectivity index (χ1v) is 10.6. The molecule has 0 radical (unpaired) electrons. The van der Waals surface area contributed by atoms with E-state index < -0.39 is 6.17 Å². The highest BCUT2D eigenvalue weighted by Crippen LogP contribution is 2.43. The molecule has 1 aromatic carbocycles. The van der Waals surface area contributed by atoms with Crippen LogP contribution in [-0.4, -0.2) is 27.7 Å². The molecule has 2 atom stereocenters. The van der Waals surface area contributed by atoms with E-state index in [0.29, 0.717) is 47.4 Å². The largest absolute Gasteiger partial charge is 0.491 e. The van der Waals surface area contributed by atoms with Gasteiger partial charge in [-0.3, -0.25) is 9.20 Å². The molecular formula is C25H22FN3O4. The highest BCUT2D eigenvalue weighted by Gasteiger charge is 2.38. The Morgan fingerprint density at radius 3 is 2.61 bits per heavy atom. The van der Waals surface area contributed by atoms with Gasteiger partial charge in [0.2, 0.25) is 0 Å². The maximum Gasteiger partial charge on any atom is 0.260 e.